The highest BCUT2D eigenvalue weighted by atomic mass is 35.5. The van der Waals surface area contributed by atoms with Crippen molar-refractivity contribution in [2.24, 2.45) is 5.73 Å². The molecule has 2 aromatic rings. The predicted octanol–water partition coefficient (Wildman–Crippen LogP) is 3.49. The maximum atomic E-state index is 12.6. The number of likely N-dealkylation sites (tertiary alicyclic amines) is 1. The Morgan fingerprint density at radius 2 is 1.87 bits per heavy atom. The average molecular weight is 349 g/mol. The molecule has 0 aromatic heterocycles. The van der Waals surface area contributed by atoms with E-state index in [-0.39, 0.29) is 24.3 Å². The van der Waals surface area contributed by atoms with E-state index in [1.807, 2.05) is 23.1 Å². The molecule has 5 heteroatoms. The van der Waals surface area contributed by atoms with Crippen LogP contribution < -0.4 is 5.73 Å². The number of benzene rings is 2. The molecule has 0 saturated carbocycles. The third-order valence-corrected chi connectivity index (χ3v) is 4.89. The van der Waals surface area contributed by atoms with E-state index in [9.17, 15) is 4.79 Å². The van der Waals surface area contributed by atoms with E-state index < -0.39 is 0 Å². The highest BCUT2D eigenvalue weighted by Gasteiger charge is 2.33. The number of nitrogens with zero attached hydrogens (tertiary/aromatic N) is 1. The smallest absolute Gasteiger partial charge is 0.227 e. The molecule has 0 aliphatic carbocycles. The molecular weight excluding hydrogens is 331 g/mol. The first-order valence-electron chi connectivity index (χ1n) is 7.57. The van der Waals surface area contributed by atoms with Crippen molar-refractivity contribution < 1.29 is 4.79 Å². The molecular formula is C18H18Cl2N2O. The normalized spacial score (nSPS) is 20.7. The molecule has 0 radical (unpaired) electrons. The van der Waals surface area contributed by atoms with Gasteiger partial charge in [-0.3, -0.25) is 4.79 Å². The molecule has 0 spiro atoms. The third kappa shape index (κ3) is 3.69. The van der Waals surface area contributed by atoms with Gasteiger partial charge in [-0.1, -0.05) is 59.6 Å². The number of hydrogen-bond acceptors (Lipinski definition) is 2. The van der Waals surface area contributed by atoms with Gasteiger partial charge in [0.05, 0.1) is 6.42 Å². The second-order valence-corrected chi connectivity index (χ2v) is 6.74. The molecule has 23 heavy (non-hydrogen) atoms. The van der Waals surface area contributed by atoms with Crippen molar-refractivity contribution in [2.75, 3.05) is 13.1 Å². The van der Waals surface area contributed by atoms with E-state index in [1.165, 1.54) is 5.56 Å². The molecule has 1 saturated heterocycles. The standard InChI is InChI=1S/C18H18Cl2N2O/c19-14-7-6-13(16(20)9-14)8-18(23)22-10-15(17(21)11-22)12-4-2-1-3-5-12/h1-7,9,15,17H,8,10-11,21H2/t15-,17+/m0/s1. The molecule has 3 rings (SSSR count). The Kier molecular flexibility index (Phi) is 4.90. The molecule has 0 unspecified atom stereocenters. The summed E-state index contributed by atoms with van der Waals surface area (Å²) < 4.78 is 0. The fourth-order valence-corrected chi connectivity index (χ4v) is 3.50. The summed E-state index contributed by atoms with van der Waals surface area (Å²) in [5.74, 6) is 0.226. The molecule has 2 aromatic carbocycles. The fourth-order valence-electron chi connectivity index (χ4n) is 3.03. The third-order valence-electron chi connectivity index (χ3n) is 4.30. The summed E-state index contributed by atoms with van der Waals surface area (Å²) in [5.41, 5.74) is 8.21. The Balaban J connectivity index is 1.69. The maximum absolute atomic E-state index is 12.6. The highest BCUT2D eigenvalue weighted by Crippen LogP contribution is 2.28. The Bertz CT molecular complexity index is 705. The molecule has 3 nitrogen and oxygen atoms in total. The number of nitrogens with two attached hydrogens (primary N) is 1. The molecule has 1 amide bonds. The van der Waals surface area contributed by atoms with Gasteiger partial charge in [-0.2, -0.15) is 0 Å². The zero-order valence-electron chi connectivity index (χ0n) is 12.6. The summed E-state index contributed by atoms with van der Waals surface area (Å²) in [6.07, 6.45) is 0.268. The van der Waals surface area contributed by atoms with Crippen LogP contribution in [0.25, 0.3) is 0 Å². The van der Waals surface area contributed by atoms with Crippen LogP contribution in [0.4, 0.5) is 0 Å². The second-order valence-electron chi connectivity index (χ2n) is 5.89. The van der Waals surface area contributed by atoms with Gasteiger partial charge < -0.3 is 10.6 Å². The lowest BCUT2D eigenvalue weighted by Crippen LogP contribution is -2.33. The van der Waals surface area contributed by atoms with Gasteiger partial charge in [-0.05, 0) is 23.3 Å². The highest BCUT2D eigenvalue weighted by molar-refractivity contribution is 6.35. The van der Waals surface area contributed by atoms with Crippen molar-refractivity contribution in [3.05, 3.63) is 69.7 Å². The van der Waals surface area contributed by atoms with E-state index in [0.717, 1.165) is 5.56 Å². The number of hydrogen-bond donors (Lipinski definition) is 1. The minimum absolute atomic E-state index is 0.0398. The van der Waals surface area contributed by atoms with Crippen molar-refractivity contribution >= 4 is 29.1 Å². The lowest BCUT2D eigenvalue weighted by Gasteiger charge is -2.17. The van der Waals surface area contributed by atoms with Crippen LogP contribution in [0.1, 0.15) is 17.0 Å². The molecule has 1 fully saturated rings. The van der Waals surface area contributed by atoms with E-state index >= 15 is 0 Å². The molecule has 120 valence electrons. The molecule has 1 aliphatic rings. The largest absolute Gasteiger partial charge is 0.340 e. The van der Waals surface area contributed by atoms with Crippen LogP contribution in [0.2, 0.25) is 10.0 Å². The minimum atomic E-state index is -0.0398. The molecule has 1 heterocycles. The summed E-state index contributed by atoms with van der Waals surface area (Å²) in [7, 11) is 0. The monoisotopic (exact) mass is 348 g/mol. The van der Waals surface area contributed by atoms with Crippen molar-refractivity contribution in [3.8, 4) is 0 Å². The molecule has 1 aliphatic heterocycles. The predicted molar refractivity (Wildman–Crippen MR) is 93.9 cm³/mol. The van der Waals surface area contributed by atoms with E-state index in [0.29, 0.717) is 23.1 Å². The lowest BCUT2D eigenvalue weighted by atomic mass is 9.95. The van der Waals surface area contributed by atoms with Crippen LogP contribution in [0.3, 0.4) is 0 Å². The minimum Gasteiger partial charge on any atom is -0.340 e. The van der Waals surface area contributed by atoms with Crippen LogP contribution in [-0.4, -0.2) is 29.9 Å². The number of rotatable bonds is 3. The van der Waals surface area contributed by atoms with Gasteiger partial charge in [0, 0.05) is 35.1 Å². The molecule has 2 N–H and O–H groups in total. The van der Waals surface area contributed by atoms with E-state index in [2.05, 4.69) is 12.1 Å². The Labute approximate surface area is 146 Å². The average Bonchev–Trinajstić information content (AvgIpc) is 2.93. The van der Waals surface area contributed by atoms with Crippen LogP contribution >= 0.6 is 23.2 Å². The molecule has 0 bridgehead atoms. The number of halogens is 2. The van der Waals surface area contributed by atoms with Crippen molar-refractivity contribution in [1.29, 1.82) is 0 Å². The fraction of sp³-hybridized carbons (Fsp3) is 0.278. The number of carbonyl (C=O) groups is 1. The zero-order valence-corrected chi connectivity index (χ0v) is 14.1. The summed E-state index contributed by atoms with van der Waals surface area (Å²) in [6.45, 7) is 1.22. The number of carbonyl (C=O) groups excluding carboxylic acids is 1. The first kappa shape index (κ1) is 16.3. The Hall–Kier alpha value is -1.55. The van der Waals surface area contributed by atoms with Crippen LogP contribution in [-0.2, 0) is 11.2 Å². The summed E-state index contributed by atoms with van der Waals surface area (Å²) in [4.78, 5) is 14.4. The van der Waals surface area contributed by atoms with E-state index in [4.69, 9.17) is 28.9 Å². The summed E-state index contributed by atoms with van der Waals surface area (Å²) in [5, 5.41) is 1.09. The lowest BCUT2D eigenvalue weighted by molar-refractivity contribution is -0.129. The van der Waals surface area contributed by atoms with Gasteiger partial charge in [0.2, 0.25) is 5.91 Å². The molecule has 2 atom stereocenters. The van der Waals surface area contributed by atoms with Gasteiger partial charge in [-0.15, -0.1) is 0 Å². The summed E-state index contributed by atoms with van der Waals surface area (Å²) >= 11 is 12.0. The van der Waals surface area contributed by atoms with Crippen molar-refractivity contribution in [1.82, 2.24) is 4.90 Å². The number of amides is 1. The second kappa shape index (κ2) is 6.91. The first-order chi connectivity index (χ1) is 11.0. The summed E-state index contributed by atoms with van der Waals surface area (Å²) in [6, 6.07) is 15.3. The quantitative estimate of drug-likeness (QED) is 0.922. The van der Waals surface area contributed by atoms with Crippen LogP contribution in [0.5, 0.6) is 0 Å². The van der Waals surface area contributed by atoms with Crippen molar-refractivity contribution in [2.45, 2.75) is 18.4 Å². The van der Waals surface area contributed by atoms with Gasteiger partial charge in [0.15, 0.2) is 0 Å². The zero-order chi connectivity index (χ0) is 16.4. The first-order valence-corrected chi connectivity index (χ1v) is 8.32. The SMILES string of the molecule is N[C@@H]1CN(C(=O)Cc2ccc(Cl)cc2Cl)C[C@H]1c1ccccc1. The Morgan fingerprint density at radius 1 is 1.13 bits per heavy atom. The van der Waals surface area contributed by atoms with Crippen molar-refractivity contribution in [3.63, 3.8) is 0 Å². The van der Waals surface area contributed by atoms with Gasteiger partial charge >= 0.3 is 0 Å². The van der Waals surface area contributed by atoms with E-state index in [1.54, 1.807) is 18.2 Å². The maximum Gasteiger partial charge on any atom is 0.227 e. The van der Waals surface area contributed by atoms with Gasteiger partial charge in [0.1, 0.15) is 0 Å². The Morgan fingerprint density at radius 3 is 2.57 bits per heavy atom. The van der Waals surface area contributed by atoms with Gasteiger partial charge in [0.25, 0.3) is 0 Å². The van der Waals surface area contributed by atoms with Crippen LogP contribution in [0, 0.1) is 0 Å². The van der Waals surface area contributed by atoms with Crippen LogP contribution in [0.15, 0.2) is 48.5 Å². The van der Waals surface area contributed by atoms with Gasteiger partial charge in [-0.25, -0.2) is 0 Å². The topological polar surface area (TPSA) is 46.3 Å².